The van der Waals surface area contributed by atoms with E-state index in [1.54, 1.807) is 17.3 Å². The van der Waals surface area contributed by atoms with Crippen molar-refractivity contribution in [2.45, 2.75) is 26.0 Å². The van der Waals surface area contributed by atoms with Crippen LogP contribution in [0, 0.1) is 0 Å². The highest BCUT2D eigenvalue weighted by Crippen LogP contribution is 2.27. The first-order chi connectivity index (χ1) is 13.2. The molecule has 4 heterocycles. The Morgan fingerprint density at radius 3 is 3.19 bits per heavy atom. The lowest BCUT2D eigenvalue weighted by Crippen LogP contribution is -2.29. The van der Waals surface area contributed by atoms with Gasteiger partial charge < -0.3 is 19.9 Å². The van der Waals surface area contributed by atoms with Crippen molar-refractivity contribution in [1.82, 2.24) is 29.6 Å². The Hall–Kier alpha value is -3.36. The van der Waals surface area contributed by atoms with Crippen LogP contribution in [0.15, 0.2) is 37.3 Å². The summed E-state index contributed by atoms with van der Waals surface area (Å²) in [6.45, 7) is 7.51. The van der Waals surface area contributed by atoms with E-state index in [1.807, 2.05) is 23.9 Å². The van der Waals surface area contributed by atoms with Crippen molar-refractivity contribution in [3.63, 3.8) is 0 Å². The monoisotopic (exact) mass is 367 g/mol. The van der Waals surface area contributed by atoms with Gasteiger partial charge in [-0.2, -0.15) is 15.1 Å². The second-order valence-electron chi connectivity index (χ2n) is 6.32. The zero-order chi connectivity index (χ0) is 18.8. The van der Waals surface area contributed by atoms with Gasteiger partial charge in [0.05, 0.1) is 23.8 Å². The first-order valence-corrected chi connectivity index (χ1v) is 8.89. The van der Waals surface area contributed by atoms with Gasteiger partial charge in [-0.25, -0.2) is 0 Å². The van der Waals surface area contributed by atoms with Gasteiger partial charge in [-0.1, -0.05) is 6.58 Å². The summed E-state index contributed by atoms with van der Waals surface area (Å²) in [5.74, 6) is 0.836. The van der Waals surface area contributed by atoms with Crippen LogP contribution in [-0.4, -0.2) is 54.7 Å². The molecule has 0 aliphatic carbocycles. The van der Waals surface area contributed by atoms with Crippen molar-refractivity contribution < 1.29 is 9.53 Å². The molecule has 0 saturated carbocycles. The molecule has 3 aromatic rings. The molecular weight excluding hydrogens is 346 g/mol. The summed E-state index contributed by atoms with van der Waals surface area (Å²) >= 11 is 0. The zero-order valence-electron chi connectivity index (χ0n) is 15.1. The van der Waals surface area contributed by atoms with Gasteiger partial charge in [-0.05, 0) is 19.1 Å². The first-order valence-electron chi connectivity index (χ1n) is 8.89. The molecule has 0 radical (unpaired) electrons. The molecule has 9 heteroatoms. The summed E-state index contributed by atoms with van der Waals surface area (Å²) < 4.78 is 7.93. The van der Waals surface area contributed by atoms with Crippen LogP contribution in [0.5, 0.6) is 5.88 Å². The number of aryl methyl sites for hydroxylation is 1. The van der Waals surface area contributed by atoms with E-state index in [9.17, 15) is 4.79 Å². The molecule has 0 spiro atoms. The maximum Gasteiger partial charge on any atom is 0.246 e. The number of H-pyrrole nitrogens is 1. The molecule has 1 amide bonds. The SMILES string of the molecule is C=CC(=O)N1CCC(Oc2nc(Nc3cnn(CC)c3)nc3[nH]ccc23)C1. The standard InChI is InChI=1S/C18H21N7O2/c1-3-15(26)24-8-6-13(11-24)27-17-14-5-7-19-16(14)22-18(23-17)21-12-9-20-25(4-2)10-12/h3,5,7,9-10,13H,1,4,6,8,11H2,2H3,(H2,19,21,22,23). The summed E-state index contributed by atoms with van der Waals surface area (Å²) in [4.78, 5) is 25.6. The van der Waals surface area contributed by atoms with Crippen molar-refractivity contribution >= 4 is 28.6 Å². The van der Waals surface area contributed by atoms with Crippen LogP contribution < -0.4 is 10.1 Å². The maximum absolute atomic E-state index is 11.8. The molecule has 3 aromatic heterocycles. The van der Waals surface area contributed by atoms with Gasteiger partial charge in [0.2, 0.25) is 17.7 Å². The highest BCUT2D eigenvalue weighted by Gasteiger charge is 2.27. The molecule has 1 atom stereocenters. The molecular formula is C18H21N7O2. The summed E-state index contributed by atoms with van der Waals surface area (Å²) in [5, 5.41) is 8.20. The minimum atomic E-state index is -0.113. The third-order valence-corrected chi connectivity index (χ3v) is 4.50. The molecule has 1 aliphatic rings. The van der Waals surface area contributed by atoms with Crippen molar-refractivity contribution in [2.75, 3.05) is 18.4 Å². The minimum absolute atomic E-state index is 0.0779. The Labute approximate surface area is 156 Å². The Balaban J connectivity index is 1.56. The lowest BCUT2D eigenvalue weighted by Gasteiger charge is -2.16. The van der Waals surface area contributed by atoms with Crippen LogP contribution in [-0.2, 0) is 11.3 Å². The largest absolute Gasteiger partial charge is 0.472 e. The summed E-state index contributed by atoms with van der Waals surface area (Å²) in [5.41, 5.74) is 1.49. The van der Waals surface area contributed by atoms with Gasteiger partial charge in [-0.3, -0.25) is 9.48 Å². The van der Waals surface area contributed by atoms with Gasteiger partial charge in [0.25, 0.3) is 0 Å². The van der Waals surface area contributed by atoms with E-state index in [0.717, 1.165) is 24.0 Å². The van der Waals surface area contributed by atoms with Gasteiger partial charge in [-0.15, -0.1) is 0 Å². The van der Waals surface area contributed by atoms with Crippen molar-refractivity contribution in [2.24, 2.45) is 0 Å². The molecule has 1 saturated heterocycles. The molecule has 1 aliphatic heterocycles. The lowest BCUT2D eigenvalue weighted by molar-refractivity contribution is -0.125. The highest BCUT2D eigenvalue weighted by atomic mass is 16.5. The van der Waals surface area contributed by atoms with E-state index in [2.05, 4.69) is 31.9 Å². The van der Waals surface area contributed by atoms with Gasteiger partial charge in [0, 0.05) is 31.9 Å². The smallest absolute Gasteiger partial charge is 0.246 e. The number of carbonyl (C=O) groups is 1. The van der Waals surface area contributed by atoms with Crippen LogP contribution in [0.2, 0.25) is 0 Å². The molecule has 4 rings (SSSR count). The fourth-order valence-corrected chi connectivity index (χ4v) is 3.10. The summed E-state index contributed by atoms with van der Waals surface area (Å²) in [6, 6.07) is 1.88. The number of hydrogen-bond acceptors (Lipinski definition) is 6. The number of hydrogen-bond donors (Lipinski definition) is 2. The predicted molar refractivity (Wildman–Crippen MR) is 101 cm³/mol. The van der Waals surface area contributed by atoms with E-state index in [1.165, 1.54) is 6.08 Å². The predicted octanol–water partition coefficient (Wildman–Crippen LogP) is 2.08. The number of likely N-dealkylation sites (tertiary alicyclic amines) is 1. The van der Waals surface area contributed by atoms with Crippen molar-refractivity contribution in [1.29, 1.82) is 0 Å². The third-order valence-electron chi connectivity index (χ3n) is 4.50. The van der Waals surface area contributed by atoms with Crippen LogP contribution in [0.25, 0.3) is 11.0 Å². The average Bonchev–Trinajstić information content (AvgIpc) is 3.41. The molecule has 9 nitrogen and oxygen atoms in total. The number of aromatic amines is 1. The molecule has 1 fully saturated rings. The Morgan fingerprint density at radius 2 is 2.41 bits per heavy atom. The third kappa shape index (κ3) is 3.48. The number of ether oxygens (including phenoxy) is 1. The van der Waals surface area contributed by atoms with Gasteiger partial charge >= 0.3 is 0 Å². The van der Waals surface area contributed by atoms with E-state index in [4.69, 9.17) is 4.74 Å². The maximum atomic E-state index is 11.8. The quantitative estimate of drug-likeness (QED) is 0.647. The van der Waals surface area contributed by atoms with Crippen LogP contribution in [0.4, 0.5) is 11.6 Å². The fraction of sp³-hybridized carbons (Fsp3) is 0.333. The van der Waals surface area contributed by atoms with Crippen LogP contribution in [0.3, 0.4) is 0 Å². The number of fused-ring (bicyclic) bond motifs is 1. The fourth-order valence-electron chi connectivity index (χ4n) is 3.10. The number of carbonyl (C=O) groups excluding carboxylic acids is 1. The van der Waals surface area contributed by atoms with Gasteiger partial charge in [0.1, 0.15) is 11.8 Å². The van der Waals surface area contributed by atoms with Crippen LogP contribution >= 0.6 is 0 Å². The number of rotatable bonds is 6. The van der Waals surface area contributed by atoms with Crippen molar-refractivity contribution in [3.8, 4) is 5.88 Å². The molecule has 27 heavy (non-hydrogen) atoms. The molecule has 2 N–H and O–H groups in total. The minimum Gasteiger partial charge on any atom is -0.472 e. The summed E-state index contributed by atoms with van der Waals surface area (Å²) in [6.07, 6.45) is 7.38. The Morgan fingerprint density at radius 1 is 1.52 bits per heavy atom. The topological polar surface area (TPSA) is 101 Å². The van der Waals surface area contributed by atoms with E-state index in [-0.39, 0.29) is 12.0 Å². The van der Waals surface area contributed by atoms with Crippen LogP contribution in [0.1, 0.15) is 13.3 Å². The van der Waals surface area contributed by atoms with E-state index >= 15 is 0 Å². The highest BCUT2D eigenvalue weighted by molar-refractivity contribution is 5.87. The average molecular weight is 367 g/mol. The molecule has 0 aromatic carbocycles. The Kier molecular flexibility index (Phi) is 4.49. The van der Waals surface area contributed by atoms with Crippen molar-refractivity contribution in [3.05, 3.63) is 37.3 Å². The summed E-state index contributed by atoms with van der Waals surface area (Å²) in [7, 11) is 0. The first kappa shape index (κ1) is 17.1. The number of nitrogens with one attached hydrogen (secondary N) is 2. The molecule has 1 unspecified atom stereocenters. The number of nitrogens with zero attached hydrogens (tertiary/aromatic N) is 5. The molecule has 140 valence electrons. The number of aromatic nitrogens is 5. The van der Waals surface area contributed by atoms with Gasteiger partial charge in [0.15, 0.2) is 0 Å². The normalized spacial score (nSPS) is 16.6. The second kappa shape index (κ2) is 7.10. The van der Waals surface area contributed by atoms with E-state index in [0.29, 0.717) is 30.6 Å². The lowest BCUT2D eigenvalue weighted by atomic mass is 10.3. The number of anilines is 2. The zero-order valence-corrected chi connectivity index (χ0v) is 15.1. The second-order valence-corrected chi connectivity index (χ2v) is 6.32. The Bertz CT molecular complexity index is 977. The molecule has 0 bridgehead atoms. The van der Waals surface area contributed by atoms with E-state index < -0.39 is 0 Å². The number of amides is 1.